The molecule has 172 valence electrons. The number of fused-ring (bicyclic) bond motifs is 1. The third-order valence-electron chi connectivity index (χ3n) is 6.87. The summed E-state index contributed by atoms with van der Waals surface area (Å²) in [6.45, 7) is 4.48. The average molecular weight is 448 g/mol. The largest absolute Gasteiger partial charge is 0.507 e. The van der Waals surface area contributed by atoms with Crippen LogP contribution in [0.1, 0.15) is 62.3 Å². The average Bonchev–Trinajstić information content (AvgIpc) is 3.52. The third-order valence-corrected chi connectivity index (χ3v) is 6.87. The van der Waals surface area contributed by atoms with Crippen LogP contribution in [0.4, 0.5) is 0 Å². The van der Waals surface area contributed by atoms with E-state index in [1.165, 1.54) is 0 Å². The van der Waals surface area contributed by atoms with Crippen molar-refractivity contribution in [3.05, 3.63) is 64.7 Å². The monoisotopic (exact) mass is 447 g/mol. The van der Waals surface area contributed by atoms with Crippen LogP contribution in [0.15, 0.2) is 48.0 Å². The van der Waals surface area contributed by atoms with E-state index in [1.807, 2.05) is 50.2 Å². The summed E-state index contributed by atoms with van der Waals surface area (Å²) in [4.78, 5) is 28.2. The topological polar surface area (TPSA) is 76.1 Å². The summed E-state index contributed by atoms with van der Waals surface area (Å²) in [5.41, 5.74) is 2.48. The second-order valence-corrected chi connectivity index (χ2v) is 9.10. The highest BCUT2D eigenvalue weighted by Crippen LogP contribution is 2.44. The molecule has 0 spiro atoms. The molecule has 1 saturated carbocycles. The van der Waals surface area contributed by atoms with Crippen molar-refractivity contribution in [3.63, 3.8) is 0 Å². The molecular weight excluding hydrogens is 418 g/mol. The molecule has 33 heavy (non-hydrogen) atoms. The van der Waals surface area contributed by atoms with Gasteiger partial charge in [0.25, 0.3) is 11.7 Å². The van der Waals surface area contributed by atoms with Gasteiger partial charge in [-0.2, -0.15) is 0 Å². The molecule has 5 rings (SSSR count). The zero-order chi connectivity index (χ0) is 23.1. The van der Waals surface area contributed by atoms with Gasteiger partial charge in [-0.05, 0) is 68.1 Å². The van der Waals surface area contributed by atoms with E-state index in [-0.39, 0.29) is 23.5 Å². The number of benzene rings is 2. The Morgan fingerprint density at radius 3 is 2.55 bits per heavy atom. The molecule has 1 N–H and O–H groups in total. The molecule has 2 aromatic rings. The van der Waals surface area contributed by atoms with Crippen LogP contribution in [0.5, 0.6) is 11.5 Å². The van der Waals surface area contributed by atoms with Crippen LogP contribution in [-0.4, -0.2) is 40.4 Å². The number of carbonyl (C=O) groups is 2. The van der Waals surface area contributed by atoms with Crippen molar-refractivity contribution in [1.82, 2.24) is 4.90 Å². The maximum Gasteiger partial charge on any atom is 0.295 e. The first-order valence-electron chi connectivity index (χ1n) is 11.8. The van der Waals surface area contributed by atoms with E-state index in [0.29, 0.717) is 12.2 Å². The van der Waals surface area contributed by atoms with E-state index >= 15 is 0 Å². The minimum absolute atomic E-state index is 0.00223. The standard InChI is InChI=1S/C27H29NO5/c1-3-32-21-11-8-17(9-12-21)24-23(26(30)27(31)28(24)20-6-4-5-7-20)25(29)18-10-13-22-19(15-18)14-16(2)33-22/h8-13,15-16,20,24,29H,3-7,14H2,1-2H3/b25-23-. The maximum absolute atomic E-state index is 13.3. The smallest absolute Gasteiger partial charge is 0.295 e. The fraction of sp³-hybridized carbons (Fsp3) is 0.407. The lowest BCUT2D eigenvalue weighted by molar-refractivity contribution is -0.141. The molecule has 1 aliphatic carbocycles. The third kappa shape index (κ3) is 3.77. The zero-order valence-electron chi connectivity index (χ0n) is 19.0. The quantitative estimate of drug-likeness (QED) is 0.406. The van der Waals surface area contributed by atoms with E-state index in [0.717, 1.165) is 54.7 Å². The van der Waals surface area contributed by atoms with Crippen molar-refractivity contribution < 1.29 is 24.2 Å². The van der Waals surface area contributed by atoms with E-state index in [4.69, 9.17) is 9.47 Å². The van der Waals surface area contributed by atoms with Gasteiger partial charge in [0.2, 0.25) is 0 Å². The molecule has 2 heterocycles. The number of aliphatic hydroxyl groups excluding tert-OH is 1. The Bertz CT molecular complexity index is 1110. The number of Topliss-reactive ketones (excluding diaryl/α,β-unsaturated/α-hetero) is 1. The fourth-order valence-electron chi connectivity index (χ4n) is 5.37. The van der Waals surface area contributed by atoms with E-state index in [2.05, 4.69) is 0 Å². The summed E-state index contributed by atoms with van der Waals surface area (Å²) < 4.78 is 11.3. The molecule has 6 heteroatoms. The van der Waals surface area contributed by atoms with Crippen LogP contribution in [-0.2, 0) is 16.0 Å². The number of aliphatic hydroxyl groups is 1. The maximum atomic E-state index is 13.3. The molecule has 2 fully saturated rings. The molecule has 0 bridgehead atoms. The molecule has 1 amide bonds. The molecule has 1 saturated heterocycles. The molecular formula is C27H29NO5. The van der Waals surface area contributed by atoms with Crippen molar-refractivity contribution in [1.29, 1.82) is 0 Å². The SMILES string of the molecule is CCOc1ccc(C2/C(=C(/O)c3ccc4c(c3)CC(C)O4)C(=O)C(=O)N2C2CCCC2)cc1. The summed E-state index contributed by atoms with van der Waals surface area (Å²) in [5.74, 6) is 0.249. The number of ketones is 1. The van der Waals surface area contributed by atoms with Gasteiger partial charge in [-0.1, -0.05) is 25.0 Å². The van der Waals surface area contributed by atoms with Gasteiger partial charge in [-0.25, -0.2) is 0 Å². The van der Waals surface area contributed by atoms with Gasteiger partial charge in [0.05, 0.1) is 18.2 Å². The van der Waals surface area contributed by atoms with Crippen molar-refractivity contribution in [2.45, 2.75) is 64.1 Å². The molecule has 6 nitrogen and oxygen atoms in total. The zero-order valence-corrected chi connectivity index (χ0v) is 19.0. The second kappa shape index (κ2) is 8.58. The minimum Gasteiger partial charge on any atom is -0.507 e. The van der Waals surface area contributed by atoms with Crippen LogP contribution < -0.4 is 9.47 Å². The summed E-state index contributed by atoms with van der Waals surface area (Å²) in [5, 5.41) is 11.4. The number of hydrogen-bond donors (Lipinski definition) is 1. The summed E-state index contributed by atoms with van der Waals surface area (Å²) in [6, 6.07) is 12.3. The number of ether oxygens (including phenoxy) is 2. The Morgan fingerprint density at radius 2 is 1.85 bits per heavy atom. The number of amides is 1. The van der Waals surface area contributed by atoms with Crippen molar-refractivity contribution >= 4 is 17.4 Å². The van der Waals surface area contributed by atoms with Gasteiger partial charge in [0.15, 0.2) is 0 Å². The fourth-order valence-corrected chi connectivity index (χ4v) is 5.37. The molecule has 2 aliphatic heterocycles. The van der Waals surface area contributed by atoms with Gasteiger partial charge >= 0.3 is 0 Å². The molecule has 0 aromatic heterocycles. The van der Waals surface area contributed by atoms with Crippen molar-refractivity contribution in [2.24, 2.45) is 0 Å². The van der Waals surface area contributed by atoms with E-state index in [9.17, 15) is 14.7 Å². The Hall–Kier alpha value is -3.28. The second-order valence-electron chi connectivity index (χ2n) is 9.10. The van der Waals surface area contributed by atoms with Crippen LogP contribution in [0.25, 0.3) is 5.76 Å². The predicted molar refractivity (Wildman–Crippen MR) is 124 cm³/mol. The lowest BCUT2D eigenvalue weighted by Crippen LogP contribution is -2.37. The Labute approximate surface area is 193 Å². The highest BCUT2D eigenvalue weighted by molar-refractivity contribution is 6.46. The number of hydrogen-bond acceptors (Lipinski definition) is 5. The van der Waals surface area contributed by atoms with Crippen LogP contribution in [0.3, 0.4) is 0 Å². The lowest BCUT2D eigenvalue weighted by Gasteiger charge is -2.30. The van der Waals surface area contributed by atoms with E-state index < -0.39 is 17.7 Å². The van der Waals surface area contributed by atoms with Crippen LogP contribution in [0.2, 0.25) is 0 Å². The van der Waals surface area contributed by atoms with Crippen molar-refractivity contribution in [2.75, 3.05) is 6.61 Å². The highest BCUT2D eigenvalue weighted by Gasteiger charge is 2.49. The summed E-state index contributed by atoms with van der Waals surface area (Å²) >= 11 is 0. The molecule has 2 atom stereocenters. The highest BCUT2D eigenvalue weighted by atomic mass is 16.5. The van der Waals surface area contributed by atoms with Gasteiger partial charge in [0.1, 0.15) is 23.4 Å². The first-order valence-corrected chi connectivity index (χ1v) is 11.8. The van der Waals surface area contributed by atoms with E-state index in [1.54, 1.807) is 11.0 Å². The minimum atomic E-state index is -0.622. The van der Waals surface area contributed by atoms with Gasteiger partial charge in [-0.3, -0.25) is 9.59 Å². The number of carbonyl (C=O) groups excluding carboxylic acids is 2. The first kappa shape index (κ1) is 21.6. The number of likely N-dealkylation sites (tertiary alicyclic amines) is 1. The summed E-state index contributed by atoms with van der Waals surface area (Å²) in [7, 11) is 0. The molecule has 2 unspecified atom stereocenters. The normalized spacial score (nSPS) is 24.2. The molecule has 0 radical (unpaired) electrons. The molecule has 2 aromatic carbocycles. The summed E-state index contributed by atoms with van der Waals surface area (Å²) in [6.07, 6.45) is 4.63. The van der Waals surface area contributed by atoms with Gasteiger partial charge < -0.3 is 19.5 Å². The van der Waals surface area contributed by atoms with Crippen LogP contribution >= 0.6 is 0 Å². The lowest BCUT2D eigenvalue weighted by atomic mass is 9.94. The Kier molecular flexibility index (Phi) is 5.60. The number of rotatable bonds is 5. The Morgan fingerprint density at radius 1 is 1.12 bits per heavy atom. The predicted octanol–water partition coefficient (Wildman–Crippen LogP) is 4.77. The first-order chi connectivity index (χ1) is 16.0. The molecule has 3 aliphatic rings. The number of nitrogens with zero attached hydrogens (tertiary/aromatic N) is 1. The van der Waals surface area contributed by atoms with Gasteiger partial charge in [0, 0.05) is 18.0 Å². The Balaban J connectivity index is 1.61. The van der Waals surface area contributed by atoms with Crippen LogP contribution in [0, 0.1) is 0 Å². The van der Waals surface area contributed by atoms with Gasteiger partial charge in [-0.15, -0.1) is 0 Å². The van der Waals surface area contributed by atoms with Crippen molar-refractivity contribution in [3.8, 4) is 11.5 Å².